The van der Waals surface area contributed by atoms with Crippen molar-refractivity contribution in [2.24, 2.45) is 11.3 Å². The number of hydrogen-bond acceptors (Lipinski definition) is 6. The van der Waals surface area contributed by atoms with Gasteiger partial charge in [-0.2, -0.15) is 0 Å². The van der Waals surface area contributed by atoms with Gasteiger partial charge in [0.05, 0.1) is 0 Å². The van der Waals surface area contributed by atoms with Gasteiger partial charge in [-0.3, -0.25) is 24.6 Å². The van der Waals surface area contributed by atoms with Crippen molar-refractivity contribution in [3.8, 4) is 0 Å². The Morgan fingerprint density at radius 2 is 1.93 bits per heavy atom. The fourth-order valence-corrected chi connectivity index (χ4v) is 4.34. The lowest BCUT2D eigenvalue weighted by Crippen LogP contribution is -2.54. The molecule has 0 aromatic carbocycles. The molecule has 0 radical (unpaired) electrons. The standard InChI is InChI=1S/C18H28N4O6/c1-10-6-17(3,4)9-18(7-10)14(25)22(16(27)21-18)8-12(23)28-11(2)13(24)20-15(26)19-5/h10-11H,6-9H2,1-5H3,(H,21,27)(H2,19,20,24,26)/t10-,11+,18-/m1/s1. The van der Waals surface area contributed by atoms with Crippen molar-refractivity contribution in [1.82, 2.24) is 20.9 Å². The molecule has 1 aliphatic heterocycles. The van der Waals surface area contributed by atoms with Crippen LogP contribution in [-0.4, -0.2) is 60.0 Å². The fraction of sp³-hybridized carbons (Fsp3) is 0.722. The van der Waals surface area contributed by atoms with E-state index in [1.807, 2.05) is 26.1 Å². The summed E-state index contributed by atoms with van der Waals surface area (Å²) in [5.41, 5.74) is -1.13. The van der Waals surface area contributed by atoms with E-state index in [1.54, 1.807) is 0 Å². The van der Waals surface area contributed by atoms with Gasteiger partial charge in [-0.25, -0.2) is 9.59 Å². The Kier molecular flexibility index (Phi) is 6.00. The number of carbonyl (C=O) groups excluding carboxylic acids is 5. The summed E-state index contributed by atoms with van der Waals surface area (Å²) in [5.74, 6) is -1.93. The fourth-order valence-electron chi connectivity index (χ4n) is 4.34. The first-order chi connectivity index (χ1) is 12.9. The molecular weight excluding hydrogens is 368 g/mol. The van der Waals surface area contributed by atoms with E-state index < -0.39 is 48.0 Å². The smallest absolute Gasteiger partial charge is 0.327 e. The van der Waals surface area contributed by atoms with Crippen molar-refractivity contribution in [3.63, 3.8) is 0 Å². The zero-order valence-corrected chi connectivity index (χ0v) is 16.9. The van der Waals surface area contributed by atoms with Gasteiger partial charge in [0.15, 0.2) is 6.10 Å². The first kappa shape index (κ1) is 21.6. The Labute approximate surface area is 163 Å². The molecule has 1 saturated carbocycles. The van der Waals surface area contributed by atoms with Crippen LogP contribution >= 0.6 is 0 Å². The number of carbonyl (C=O) groups is 5. The summed E-state index contributed by atoms with van der Waals surface area (Å²) in [7, 11) is 1.33. The van der Waals surface area contributed by atoms with E-state index in [4.69, 9.17) is 4.74 Å². The number of nitrogens with zero attached hydrogens (tertiary/aromatic N) is 1. The number of imide groups is 2. The third-order valence-electron chi connectivity index (χ3n) is 5.05. The van der Waals surface area contributed by atoms with Gasteiger partial charge in [-0.15, -0.1) is 0 Å². The van der Waals surface area contributed by atoms with Crippen molar-refractivity contribution >= 4 is 29.8 Å². The van der Waals surface area contributed by atoms with Gasteiger partial charge < -0.3 is 15.4 Å². The molecule has 1 saturated heterocycles. The van der Waals surface area contributed by atoms with Crippen LogP contribution < -0.4 is 16.0 Å². The predicted octanol–water partition coefficient (Wildman–Crippen LogP) is 0.510. The number of esters is 1. The molecule has 0 bridgehead atoms. The highest BCUT2D eigenvalue weighted by Gasteiger charge is 2.56. The highest BCUT2D eigenvalue weighted by Crippen LogP contribution is 2.46. The Balaban J connectivity index is 2.01. The molecule has 10 nitrogen and oxygen atoms in total. The first-order valence-electron chi connectivity index (χ1n) is 9.25. The molecule has 1 spiro atoms. The topological polar surface area (TPSA) is 134 Å². The maximum absolute atomic E-state index is 13.0. The van der Waals surface area contributed by atoms with E-state index in [-0.39, 0.29) is 11.3 Å². The number of amides is 6. The van der Waals surface area contributed by atoms with Crippen LogP contribution in [-0.2, 0) is 19.1 Å². The average Bonchev–Trinajstić information content (AvgIpc) is 2.76. The second-order valence-electron chi connectivity index (χ2n) is 8.46. The van der Waals surface area contributed by atoms with Crippen LogP contribution in [0, 0.1) is 11.3 Å². The lowest BCUT2D eigenvalue weighted by Gasteiger charge is -2.43. The molecule has 0 unspecified atom stereocenters. The molecule has 28 heavy (non-hydrogen) atoms. The average molecular weight is 396 g/mol. The van der Waals surface area contributed by atoms with Crippen molar-refractivity contribution in [2.45, 2.75) is 58.6 Å². The van der Waals surface area contributed by atoms with E-state index >= 15 is 0 Å². The molecule has 2 aliphatic rings. The maximum atomic E-state index is 13.0. The highest BCUT2D eigenvalue weighted by atomic mass is 16.5. The van der Waals surface area contributed by atoms with Crippen LogP contribution in [0.25, 0.3) is 0 Å². The summed E-state index contributed by atoms with van der Waals surface area (Å²) in [6, 6.07) is -1.38. The number of ether oxygens (including phenoxy) is 1. The molecule has 10 heteroatoms. The Morgan fingerprint density at radius 1 is 1.29 bits per heavy atom. The van der Waals surface area contributed by atoms with Gasteiger partial charge >= 0.3 is 18.0 Å². The van der Waals surface area contributed by atoms with Gasteiger partial charge in [-0.1, -0.05) is 20.8 Å². The normalized spacial score (nSPS) is 27.2. The minimum Gasteiger partial charge on any atom is -0.451 e. The molecule has 1 aliphatic carbocycles. The number of hydrogen-bond donors (Lipinski definition) is 3. The molecule has 6 amide bonds. The lowest BCUT2D eigenvalue weighted by molar-refractivity contribution is -0.156. The van der Waals surface area contributed by atoms with Crippen LogP contribution in [0.4, 0.5) is 9.59 Å². The minimum absolute atomic E-state index is 0.121. The van der Waals surface area contributed by atoms with Crippen LogP contribution in [0.15, 0.2) is 0 Å². The van der Waals surface area contributed by atoms with Crippen molar-refractivity contribution in [1.29, 1.82) is 0 Å². The Bertz CT molecular complexity index is 706. The number of rotatable bonds is 4. The lowest BCUT2D eigenvalue weighted by atomic mass is 9.64. The number of urea groups is 2. The highest BCUT2D eigenvalue weighted by molar-refractivity contribution is 6.09. The SMILES string of the molecule is CNC(=O)NC(=O)[C@H](C)OC(=O)CN1C(=O)N[C@@]2(C[C@H](C)CC(C)(C)C2)C1=O. The van der Waals surface area contributed by atoms with Crippen molar-refractivity contribution in [2.75, 3.05) is 13.6 Å². The zero-order chi connectivity index (χ0) is 21.3. The summed E-state index contributed by atoms with van der Waals surface area (Å²) in [4.78, 5) is 61.2. The van der Waals surface area contributed by atoms with Gasteiger partial charge in [0.25, 0.3) is 11.8 Å². The summed E-state index contributed by atoms with van der Waals surface area (Å²) in [6.45, 7) is 6.82. The summed E-state index contributed by atoms with van der Waals surface area (Å²) in [5, 5.41) is 6.95. The zero-order valence-electron chi connectivity index (χ0n) is 16.9. The largest absolute Gasteiger partial charge is 0.451 e. The first-order valence-corrected chi connectivity index (χ1v) is 9.25. The third kappa shape index (κ3) is 4.60. The summed E-state index contributed by atoms with van der Waals surface area (Å²) < 4.78 is 4.95. The monoisotopic (exact) mass is 396 g/mol. The predicted molar refractivity (Wildman–Crippen MR) is 97.9 cm³/mol. The molecule has 156 valence electrons. The molecule has 2 rings (SSSR count). The summed E-state index contributed by atoms with van der Waals surface area (Å²) in [6.07, 6.45) is 0.689. The van der Waals surface area contributed by atoms with Crippen LogP contribution in [0.1, 0.15) is 47.0 Å². The molecule has 0 aromatic rings. The van der Waals surface area contributed by atoms with Crippen LogP contribution in [0.2, 0.25) is 0 Å². The second kappa shape index (κ2) is 7.76. The van der Waals surface area contributed by atoms with Gasteiger partial charge in [-0.05, 0) is 37.5 Å². The Hall–Kier alpha value is -2.65. The number of nitrogens with one attached hydrogen (secondary N) is 3. The minimum atomic E-state index is -1.26. The Morgan fingerprint density at radius 3 is 2.50 bits per heavy atom. The van der Waals surface area contributed by atoms with E-state index in [0.29, 0.717) is 12.8 Å². The van der Waals surface area contributed by atoms with Crippen LogP contribution in [0.5, 0.6) is 0 Å². The second-order valence-corrected chi connectivity index (χ2v) is 8.46. The van der Waals surface area contributed by atoms with Gasteiger partial charge in [0.2, 0.25) is 0 Å². The summed E-state index contributed by atoms with van der Waals surface area (Å²) >= 11 is 0. The molecule has 0 aromatic heterocycles. The van der Waals surface area contributed by atoms with E-state index in [9.17, 15) is 24.0 Å². The van der Waals surface area contributed by atoms with Gasteiger partial charge in [0.1, 0.15) is 12.1 Å². The van der Waals surface area contributed by atoms with E-state index in [0.717, 1.165) is 11.3 Å². The van der Waals surface area contributed by atoms with Crippen molar-refractivity contribution < 1.29 is 28.7 Å². The van der Waals surface area contributed by atoms with Gasteiger partial charge in [0, 0.05) is 7.05 Å². The molecule has 3 N–H and O–H groups in total. The van der Waals surface area contributed by atoms with E-state index in [2.05, 4.69) is 10.6 Å². The van der Waals surface area contributed by atoms with Crippen molar-refractivity contribution in [3.05, 3.63) is 0 Å². The molecular formula is C18H28N4O6. The quantitative estimate of drug-likeness (QED) is 0.468. The molecule has 2 fully saturated rings. The molecule has 3 atom stereocenters. The van der Waals surface area contributed by atoms with E-state index in [1.165, 1.54) is 14.0 Å². The van der Waals surface area contributed by atoms with Crippen LogP contribution in [0.3, 0.4) is 0 Å². The molecule has 1 heterocycles. The third-order valence-corrected chi connectivity index (χ3v) is 5.05. The maximum Gasteiger partial charge on any atom is 0.327 e.